The van der Waals surface area contributed by atoms with Crippen molar-refractivity contribution in [3.05, 3.63) is 0 Å². The molecule has 10 heteroatoms. The molecule has 4 heterocycles. The summed E-state index contributed by atoms with van der Waals surface area (Å²) in [5, 5.41) is 6.99. The first-order valence-corrected chi connectivity index (χ1v) is 11.8. The lowest BCUT2D eigenvalue weighted by Gasteiger charge is -2.38. The van der Waals surface area contributed by atoms with E-state index >= 15 is 0 Å². The highest BCUT2D eigenvalue weighted by atomic mass is 19.3. The number of nitrogens with zero attached hydrogens (tertiary/aromatic N) is 2. The Bertz CT molecular complexity index is 671. The summed E-state index contributed by atoms with van der Waals surface area (Å²) in [5.74, 6) is -1.92. The molecule has 3 N–H and O–H groups in total. The molecule has 0 aromatic carbocycles. The second-order valence-electron chi connectivity index (χ2n) is 10.3. The second-order valence-corrected chi connectivity index (χ2v) is 10.3. The molecule has 8 nitrogen and oxygen atoms in total. The molecule has 1 amide bonds. The first-order valence-electron chi connectivity index (χ1n) is 11.8. The van der Waals surface area contributed by atoms with E-state index in [1.54, 1.807) is 0 Å². The van der Waals surface area contributed by atoms with Crippen LogP contribution in [0.4, 0.5) is 13.6 Å². The fourth-order valence-electron chi connectivity index (χ4n) is 5.33. The quantitative estimate of drug-likeness (QED) is 0.612. The van der Waals surface area contributed by atoms with Crippen molar-refractivity contribution in [1.82, 2.24) is 25.9 Å². The van der Waals surface area contributed by atoms with Crippen molar-refractivity contribution in [2.24, 2.45) is 11.8 Å². The van der Waals surface area contributed by atoms with Crippen molar-refractivity contribution in [1.29, 1.82) is 0 Å². The van der Waals surface area contributed by atoms with Crippen LogP contribution in [0.1, 0.15) is 51.9 Å². The number of carbonyl (C=O) groups is 1. The monoisotopic (exact) mass is 443 g/mol. The molecule has 176 valence electrons. The van der Waals surface area contributed by atoms with Crippen LogP contribution in [0, 0.1) is 11.8 Å². The van der Waals surface area contributed by atoms with Gasteiger partial charge in [-0.1, -0.05) is 0 Å². The standard InChI is InChI=1S/C21H35F2N5O3/c1-20(5-6-20)30-19(29)27-9-3-14(4-10-27)17-25-18(31-26-17)15-2-8-24-16(12-15)28-11-7-21(22,23)13-28/h14-18,24-26H,2-13H2,1H3. The van der Waals surface area contributed by atoms with E-state index in [2.05, 4.69) is 16.1 Å². The summed E-state index contributed by atoms with van der Waals surface area (Å²) in [6.07, 6.45) is 5.14. The minimum atomic E-state index is -2.57. The van der Waals surface area contributed by atoms with Crippen molar-refractivity contribution in [3.8, 4) is 0 Å². The Hall–Kier alpha value is -1.07. The van der Waals surface area contributed by atoms with Gasteiger partial charge in [0.05, 0.1) is 18.9 Å². The third kappa shape index (κ3) is 4.98. The maximum Gasteiger partial charge on any atom is 0.410 e. The minimum Gasteiger partial charge on any atom is -0.443 e. The summed E-state index contributed by atoms with van der Waals surface area (Å²) >= 11 is 0. The number of alkyl halides is 2. The van der Waals surface area contributed by atoms with Crippen LogP contribution in [-0.2, 0) is 9.57 Å². The number of carbonyl (C=O) groups excluding carboxylic acids is 1. The first-order chi connectivity index (χ1) is 14.8. The number of hydrogen-bond donors (Lipinski definition) is 3. The number of piperidine rings is 2. The smallest absolute Gasteiger partial charge is 0.410 e. The SMILES string of the molecule is CC1(OC(=O)N2CCC(C3NOC(C4CCNC(N5CCC(F)(F)C5)C4)N3)CC2)CC1. The maximum absolute atomic E-state index is 13.6. The molecule has 0 bridgehead atoms. The van der Waals surface area contributed by atoms with Gasteiger partial charge in [-0.2, -0.15) is 5.48 Å². The molecule has 1 aliphatic carbocycles. The van der Waals surface area contributed by atoms with Gasteiger partial charge in [0.15, 0.2) is 0 Å². The van der Waals surface area contributed by atoms with Gasteiger partial charge in [-0.05, 0) is 57.9 Å². The molecule has 4 unspecified atom stereocenters. The predicted octanol–water partition coefficient (Wildman–Crippen LogP) is 1.83. The van der Waals surface area contributed by atoms with E-state index in [1.807, 2.05) is 16.7 Å². The third-order valence-electron chi connectivity index (χ3n) is 7.71. The Labute approximate surface area is 182 Å². The summed E-state index contributed by atoms with van der Waals surface area (Å²) in [6, 6.07) is 0. The number of amides is 1. The van der Waals surface area contributed by atoms with Gasteiger partial charge in [0, 0.05) is 32.0 Å². The molecule has 4 aliphatic heterocycles. The number of hydroxylamine groups is 1. The van der Waals surface area contributed by atoms with E-state index in [0.29, 0.717) is 25.6 Å². The molecule has 4 atom stereocenters. The Morgan fingerprint density at radius 1 is 1.10 bits per heavy atom. The molecule has 1 saturated carbocycles. The molecule has 5 fully saturated rings. The summed E-state index contributed by atoms with van der Waals surface area (Å²) in [6.45, 7) is 4.48. The van der Waals surface area contributed by atoms with Crippen molar-refractivity contribution >= 4 is 6.09 Å². The van der Waals surface area contributed by atoms with Crippen LogP contribution in [-0.4, -0.2) is 78.7 Å². The first kappa shape index (κ1) is 21.8. The van der Waals surface area contributed by atoms with Crippen molar-refractivity contribution in [2.45, 2.75) is 82.0 Å². The molecular formula is C21H35F2N5O3. The Morgan fingerprint density at radius 3 is 2.55 bits per heavy atom. The van der Waals surface area contributed by atoms with E-state index in [0.717, 1.165) is 45.1 Å². The van der Waals surface area contributed by atoms with Gasteiger partial charge in [-0.3, -0.25) is 15.1 Å². The number of hydrogen-bond acceptors (Lipinski definition) is 7. The Balaban J connectivity index is 1.08. The zero-order chi connectivity index (χ0) is 21.6. The molecular weight excluding hydrogens is 408 g/mol. The highest BCUT2D eigenvalue weighted by molar-refractivity contribution is 5.68. The molecule has 5 rings (SSSR count). The lowest BCUT2D eigenvalue weighted by atomic mass is 9.91. The topological polar surface area (TPSA) is 78.1 Å². The van der Waals surface area contributed by atoms with E-state index in [-0.39, 0.29) is 49.1 Å². The Kier molecular flexibility index (Phi) is 5.87. The third-order valence-corrected chi connectivity index (χ3v) is 7.71. The molecule has 0 aromatic rings. The van der Waals surface area contributed by atoms with E-state index in [1.165, 1.54) is 0 Å². The normalized spacial score (nSPS) is 38.4. The molecule has 0 radical (unpaired) electrons. The minimum absolute atomic E-state index is 0.0147. The van der Waals surface area contributed by atoms with Crippen molar-refractivity contribution in [3.63, 3.8) is 0 Å². The van der Waals surface area contributed by atoms with Crippen LogP contribution in [0.15, 0.2) is 0 Å². The van der Waals surface area contributed by atoms with Gasteiger partial charge in [0.1, 0.15) is 11.8 Å². The van der Waals surface area contributed by atoms with E-state index in [4.69, 9.17) is 9.57 Å². The summed E-state index contributed by atoms with van der Waals surface area (Å²) in [4.78, 5) is 21.9. The van der Waals surface area contributed by atoms with E-state index in [9.17, 15) is 13.6 Å². The molecule has 4 saturated heterocycles. The van der Waals surface area contributed by atoms with Gasteiger partial charge < -0.3 is 15.0 Å². The lowest BCUT2D eigenvalue weighted by molar-refractivity contribution is -0.0387. The van der Waals surface area contributed by atoms with Gasteiger partial charge in [0.25, 0.3) is 5.92 Å². The van der Waals surface area contributed by atoms with Crippen LogP contribution < -0.4 is 16.1 Å². The summed E-state index contributed by atoms with van der Waals surface area (Å²) in [5.41, 5.74) is 2.93. The highest BCUT2D eigenvalue weighted by Crippen LogP contribution is 2.39. The zero-order valence-electron chi connectivity index (χ0n) is 18.2. The largest absolute Gasteiger partial charge is 0.443 e. The number of likely N-dealkylation sites (tertiary alicyclic amines) is 2. The number of halogens is 2. The van der Waals surface area contributed by atoms with Crippen LogP contribution in [0.5, 0.6) is 0 Å². The Morgan fingerprint density at radius 2 is 1.87 bits per heavy atom. The zero-order valence-corrected chi connectivity index (χ0v) is 18.2. The molecule has 5 aliphatic rings. The second kappa shape index (κ2) is 8.37. The average Bonchev–Trinajstić information content (AvgIpc) is 3.16. The van der Waals surface area contributed by atoms with Crippen LogP contribution >= 0.6 is 0 Å². The van der Waals surface area contributed by atoms with Gasteiger partial charge in [-0.25, -0.2) is 13.6 Å². The molecule has 0 aromatic heterocycles. The fourth-order valence-corrected chi connectivity index (χ4v) is 5.33. The van der Waals surface area contributed by atoms with Crippen LogP contribution in [0.3, 0.4) is 0 Å². The summed E-state index contributed by atoms with van der Waals surface area (Å²) in [7, 11) is 0. The van der Waals surface area contributed by atoms with Gasteiger partial charge >= 0.3 is 6.09 Å². The summed E-state index contributed by atoms with van der Waals surface area (Å²) < 4.78 is 32.8. The fraction of sp³-hybridized carbons (Fsp3) is 0.952. The highest BCUT2D eigenvalue weighted by Gasteiger charge is 2.45. The number of nitrogens with one attached hydrogen (secondary N) is 3. The van der Waals surface area contributed by atoms with Gasteiger partial charge in [0.2, 0.25) is 0 Å². The van der Waals surface area contributed by atoms with Crippen LogP contribution in [0.2, 0.25) is 0 Å². The van der Waals surface area contributed by atoms with E-state index < -0.39 is 5.92 Å². The number of ether oxygens (including phenoxy) is 1. The molecule has 0 spiro atoms. The predicted molar refractivity (Wildman–Crippen MR) is 109 cm³/mol. The maximum atomic E-state index is 13.6. The van der Waals surface area contributed by atoms with Crippen LogP contribution in [0.25, 0.3) is 0 Å². The van der Waals surface area contributed by atoms with Crippen molar-refractivity contribution in [2.75, 3.05) is 32.7 Å². The van der Waals surface area contributed by atoms with Gasteiger partial charge in [-0.15, -0.1) is 0 Å². The van der Waals surface area contributed by atoms with Crippen molar-refractivity contribution < 1.29 is 23.1 Å². The number of rotatable bonds is 4. The average molecular weight is 444 g/mol. The molecule has 31 heavy (non-hydrogen) atoms. The lowest BCUT2D eigenvalue weighted by Crippen LogP contribution is -2.53.